The summed E-state index contributed by atoms with van der Waals surface area (Å²) in [6.07, 6.45) is -1.20. The van der Waals surface area contributed by atoms with Crippen LogP contribution in [0.2, 0.25) is 0 Å². The van der Waals surface area contributed by atoms with E-state index in [0.717, 1.165) is 0 Å². The van der Waals surface area contributed by atoms with Crippen LogP contribution in [-0.2, 0) is 0 Å². The minimum Gasteiger partial charge on any atom is -0.472 e. The Hall–Kier alpha value is -1.26. The zero-order valence-electron chi connectivity index (χ0n) is 8.50. The first-order valence-corrected chi connectivity index (χ1v) is 4.38. The van der Waals surface area contributed by atoms with Gasteiger partial charge in [-0.15, -0.1) is 0 Å². The van der Waals surface area contributed by atoms with Crippen molar-refractivity contribution < 1.29 is 13.5 Å². The van der Waals surface area contributed by atoms with E-state index in [9.17, 15) is 8.78 Å². The summed E-state index contributed by atoms with van der Waals surface area (Å²) >= 11 is 0. The number of aromatic nitrogens is 2. The molecule has 1 aromatic heterocycles. The Labute approximate surface area is 82.1 Å². The summed E-state index contributed by atoms with van der Waals surface area (Å²) in [4.78, 5) is 7.43. The van der Waals surface area contributed by atoms with Crippen LogP contribution >= 0.6 is 0 Å². The average molecular weight is 204 g/mol. The molecule has 0 fully saturated rings. The van der Waals surface area contributed by atoms with Crippen LogP contribution < -0.4 is 4.74 Å². The van der Waals surface area contributed by atoms with Crippen LogP contribution in [0.25, 0.3) is 0 Å². The number of hydrogen-bond acceptors (Lipinski definition) is 3. The molecule has 1 rings (SSSR count). The SMILES string of the molecule is CC.Cc1cc(OCC(F)F)ncn1. The Balaban J connectivity index is 0.000000791. The van der Waals surface area contributed by atoms with Crippen LogP contribution in [0, 0.1) is 6.92 Å². The molecule has 0 saturated carbocycles. The van der Waals surface area contributed by atoms with Crippen molar-refractivity contribution in [3.05, 3.63) is 18.1 Å². The van der Waals surface area contributed by atoms with Crippen molar-refractivity contribution in [3.63, 3.8) is 0 Å². The molecule has 14 heavy (non-hydrogen) atoms. The fourth-order valence-corrected chi connectivity index (χ4v) is 0.657. The van der Waals surface area contributed by atoms with E-state index in [4.69, 9.17) is 0 Å². The van der Waals surface area contributed by atoms with Gasteiger partial charge in [0.05, 0.1) is 0 Å². The fourth-order valence-electron chi connectivity index (χ4n) is 0.657. The Bertz CT molecular complexity index is 256. The van der Waals surface area contributed by atoms with Gasteiger partial charge in [0.1, 0.15) is 6.33 Å². The summed E-state index contributed by atoms with van der Waals surface area (Å²) < 4.78 is 28.0. The summed E-state index contributed by atoms with van der Waals surface area (Å²) in [7, 11) is 0. The van der Waals surface area contributed by atoms with Crippen molar-refractivity contribution in [1.29, 1.82) is 0 Å². The molecule has 0 aliphatic carbocycles. The molecule has 0 aromatic carbocycles. The van der Waals surface area contributed by atoms with Gasteiger partial charge in [0, 0.05) is 11.8 Å². The summed E-state index contributed by atoms with van der Waals surface area (Å²) in [5, 5.41) is 0. The molecule has 5 heteroatoms. The normalized spacial score (nSPS) is 9.29. The number of hydrogen-bond donors (Lipinski definition) is 0. The van der Waals surface area contributed by atoms with Crippen LogP contribution in [0.3, 0.4) is 0 Å². The van der Waals surface area contributed by atoms with E-state index in [0.29, 0.717) is 5.69 Å². The van der Waals surface area contributed by atoms with Crippen LogP contribution in [0.15, 0.2) is 12.4 Å². The maximum absolute atomic E-state index is 11.7. The molecule has 0 bridgehead atoms. The van der Waals surface area contributed by atoms with Gasteiger partial charge in [0.25, 0.3) is 6.43 Å². The molecule has 0 spiro atoms. The number of halogens is 2. The van der Waals surface area contributed by atoms with Gasteiger partial charge in [-0.2, -0.15) is 0 Å². The first kappa shape index (κ1) is 12.7. The second-order valence-electron chi connectivity index (χ2n) is 2.20. The Kier molecular flexibility index (Phi) is 6.53. The van der Waals surface area contributed by atoms with Crippen molar-refractivity contribution >= 4 is 0 Å². The number of alkyl halides is 2. The molecule has 0 unspecified atom stereocenters. The summed E-state index contributed by atoms with van der Waals surface area (Å²) in [6.45, 7) is 5.10. The predicted molar refractivity (Wildman–Crippen MR) is 49.6 cm³/mol. The van der Waals surface area contributed by atoms with E-state index in [1.807, 2.05) is 13.8 Å². The van der Waals surface area contributed by atoms with Crippen molar-refractivity contribution in [2.24, 2.45) is 0 Å². The maximum atomic E-state index is 11.7. The third-order valence-electron chi connectivity index (χ3n) is 1.14. The smallest absolute Gasteiger partial charge is 0.272 e. The predicted octanol–water partition coefficient (Wildman–Crippen LogP) is 2.46. The van der Waals surface area contributed by atoms with Crippen molar-refractivity contribution in [1.82, 2.24) is 9.97 Å². The van der Waals surface area contributed by atoms with Gasteiger partial charge < -0.3 is 4.74 Å². The zero-order valence-corrected chi connectivity index (χ0v) is 8.50. The van der Waals surface area contributed by atoms with E-state index in [-0.39, 0.29) is 5.88 Å². The molecule has 0 radical (unpaired) electrons. The lowest BCUT2D eigenvalue weighted by molar-refractivity contribution is 0.0794. The molecule has 1 aromatic rings. The molecule has 0 aliphatic heterocycles. The summed E-state index contributed by atoms with van der Waals surface area (Å²) in [5.74, 6) is 0.183. The monoisotopic (exact) mass is 204 g/mol. The molecule has 1 heterocycles. The molecule has 0 N–H and O–H groups in total. The highest BCUT2D eigenvalue weighted by atomic mass is 19.3. The lowest BCUT2D eigenvalue weighted by atomic mass is 10.4. The lowest BCUT2D eigenvalue weighted by Crippen LogP contribution is -2.08. The average Bonchev–Trinajstić information content (AvgIpc) is 2.18. The summed E-state index contributed by atoms with van der Waals surface area (Å²) in [6, 6.07) is 1.50. The maximum Gasteiger partial charge on any atom is 0.272 e. The minimum atomic E-state index is -2.47. The molecule has 0 amide bonds. The fraction of sp³-hybridized carbons (Fsp3) is 0.556. The second-order valence-corrected chi connectivity index (χ2v) is 2.20. The number of rotatable bonds is 3. The van der Waals surface area contributed by atoms with E-state index in [2.05, 4.69) is 14.7 Å². The standard InChI is InChI=1S/C7H8F2N2O.C2H6/c1-5-2-7(11-4-10-5)12-3-6(8)9;1-2/h2,4,6H,3H2,1H3;1-2H3. The van der Waals surface area contributed by atoms with Crippen molar-refractivity contribution in [3.8, 4) is 5.88 Å². The highest BCUT2D eigenvalue weighted by molar-refractivity contribution is 5.11. The topological polar surface area (TPSA) is 35.0 Å². The molecule has 3 nitrogen and oxygen atoms in total. The number of ether oxygens (including phenoxy) is 1. The largest absolute Gasteiger partial charge is 0.472 e. The molecular weight excluding hydrogens is 190 g/mol. The van der Waals surface area contributed by atoms with Gasteiger partial charge in [-0.3, -0.25) is 0 Å². The van der Waals surface area contributed by atoms with Crippen LogP contribution in [0.5, 0.6) is 5.88 Å². The van der Waals surface area contributed by atoms with Gasteiger partial charge in [-0.05, 0) is 6.92 Å². The lowest BCUT2D eigenvalue weighted by Gasteiger charge is -2.03. The molecule has 0 aliphatic rings. The van der Waals surface area contributed by atoms with Gasteiger partial charge in [0.15, 0.2) is 6.61 Å². The Morgan fingerprint density at radius 1 is 1.36 bits per heavy atom. The quantitative estimate of drug-likeness (QED) is 0.758. The first-order valence-electron chi connectivity index (χ1n) is 4.38. The van der Waals surface area contributed by atoms with Gasteiger partial charge in [-0.1, -0.05) is 13.8 Å². The molecule has 0 saturated heterocycles. The number of aryl methyl sites for hydroxylation is 1. The van der Waals surface area contributed by atoms with Crippen LogP contribution in [0.4, 0.5) is 8.78 Å². The molecular formula is C9H14F2N2O. The second kappa shape index (κ2) is 7.17. The van der Waals surface area contributed by atoms with Gasteiger partial charge in [0.2, 0.25) is 5.88 Å². The minimum absolute atomic E-state index is 0.183. The molecule has 80 valence electrons. The van der Waals surface area contributed by atoms with E-state index in [1.165, 1.54) is 12.4 Å². The molecule has 0 atom stereocenters. The third kappa shape index (κ3) is 5.40. The number of nitrogens with zero attached hydrogens (tertiary/aromatic N) is 2. The highest BCUT2D eigenvalue weighted by Gasteiger charge is 2.03. The van der Waals surface area contributed by atoms with E-state index < -0.39 is 13.0 Å². The first-order chi connectivity index (χ1) is 6.68. The van der Waals surface area contributed by atoms with Gasteiger partial charge in [-0.25, -0.2) is 18.7 Å². The van der Waals surface area contributed by atoms with Gasteiger partial charge >= 0.3 is 0 Å². The Morgan fingerprint density at radius 2 is 2.00 bits per heavy atom. The Morgan fingerprint density at radius 3 is 2.50 bits per heavy atom. The summed E-state index contributed by atoms with van der Waals surface area (Å²) in [5.41, 5.74) is 0.689. The van der Waals surface area contributed by atoms with Crippen molar-refractivity contribution in [2.75, 3.05) is 6.61 Å². The van der Waals surface area contributed by atoms with Crippen LogP contribution in [0.1, 0.15) is 19.5 Å². The van der Waals surface area contributed by atoms with Crippen molar-refractivity contribution in [2.45, 2.75) is 27.2 Å². The third-order valence-corrected chi connectivity index (χ3v) is 1.14. The van der Waals surface area contributed by atoms with Crippen LogP contribution in [-0.4, -0.2) is 23.0 Å². The highest BCUT2D eigenvalue weighted by Crippen LogP contribution is 2.06. The van der Waals surface area contributed by atoms with E-state index in [1.54, 1.807) is 6.92 Å². The zero-order chi connectivity index (χ0) is 11.0. The van der Waals surface area contributed by atoms with E-state index >= 15 is 0 Å².